The van der Waals surface area contributed by atoms with Crippen molar-refractivity contribution in [3.05, 3.63) is 59.2 Å². The molecule has 1 aliphatic heterocycles. The molecule has 1 aliphatic rings. The highest BCUT2D eigenvalue weighted by Gasteiger charge is 2.22. The molecule has 2 aromatic rings. The number of aromatic carboxylic acids is 1. The Balaban J connectivity index is 0.000000212. The molecule has 0 spiro atoms. The van der Waals surface area contributed by atoms with E-state index >= 15 is 0 Å². The first-order valence-electron chi connectivity index (χ1n) is 8.91. The number of carbonyl (C=O) groups is 3. The van der Waals surface area contributed by atoms with Crippen LogP contribution >= 0.6 is 0 Å². The number of carboxylic acids is 1. The zero-order valence-electron chi connectivity index (χ0n) is 16.4. The summed E-state index contributed by atoms with van der Waals surface area (Å²) in [7, 11) is 0. The first kappa shape index (κ1) is 21.7. The number of alkyl carbamates (subject to hydrolysis) is 1. The molecule has 8 heteroatoms. The van der Waals surface area contributed by atoms with Gasteiger partial charge in [-0.3, -0.25) is 4.79 Å². The first-order chi connectivity index (χ1) is 13.7. The molecule has 0 bridgehead atoms. The standard InChI is InChI=1S/C12H15NO3.C9H8O4/c1-8-3-9(2)5-10(4-8)15-7-11-6-13-12(14)16-11;1-6(10)13-8-5-3-2-4-7(8)9(11)12/h3-5,11H,6-7H2,1-2H3,(H,13,14);2-5H,1H3,(H,11,12). The van der Waals surface area contributed by atoms with Crippen LogP contribution in [0.1, 0.15) is 28.4 Å². The van der Waals surface area contributed by atoms with Crippen molar-refractivity contribution in [1.82, 2.24) is 5.32 Å². The Labute approximate surface area is 168 Å². The van der Waals surface area contributed by atoms with Gasteiger partial charge >= 0.3 is 18.0 Å². The molecule has 1 unspecified atom stereocenters. The van der Waals surface area contributed by atoms with E-state index in [1.807, 2.05) is 26.0 Å². The second-order valence-corrected chi connectivity index (χ2v) is 6.44. The average Bonchev–Trinajstić information content (AvgIpc) is 3.05. The zero-order valence-corrected chi connectivity index (χ0v) is 16.4. The number of para-hydroxylation sites is 1. The van der Waals surface area contributed by atoms with Crippen molar-refractivity contribution < 1.29 is 33.7 Å². The highest BCUT2D eigenvalue weighted by Crippen LogP contribution is 2.18. The lowest BCUT2D eigenvalue weighted by Crippen LogP contribution is -2.21. The maximum Gasteiger partial charge on any atom is 0.407 e. The van der Waals surface area contributed by atoms with Crippen LogP contribution in [0.15, 0.2) is 42.5 Å². The number of esters is 1. The Kier molecular flexibility index (Phi) is 7.59. The molecule has 8 nitrogen and oxygen atoms in total. The molecule has 1 amide bonds. The fourth-order valence-corrected chi connectivity index (χ4v) is 2.62. The summed E-state index contributed by atoms with van der Waals surface area (Å²) in [5, 5.41) is 11.3. The fraction of sp³-hybridized carbons (Fsp3) is 0.286. The largest absolute Gasteiger partial charge is 0.490 e. The molecule has 1 atom stereocenters. The van der Waals surface area contributed by atoms with Gasteiger partial charge in [0.25, 0.3) is 0 Å². The van der Waals surface area contributed by atoms with Gasteiger partial charge in [0, 0.05) is 6.92 Å². The van der Waals surface area contributed by atoms with Gasteiger partial charge in [-0.1, -0.05) is 18.2 Å². The molecule has 3 rings (SSSR count). The predicted molar refractivity (Wildman–Crippen MR) is 104 cm³/mol. The van der Waals surface area contributed by atoms with E-state index in [-0.39, 0.29) is 23.5 Å². The van der Waals surface area contributed by atoms with Gasteiger partial charge in [0.1, 0.15) is 23.7 Å². The average molecular weight is 401 g/mol. The van der Waals surface area contributed by atoms with Crippen LogP contribution in [-0.2, 0) is 9.53 Å². The molecular weight excluding hydrogens is 378 g/mol. The number of amides is 1. The van der Waals surface area contributed by atoms with Gasteiger partial charge in [0.15, 0.2) is 6.10 Å². The van der Waals surface area contributed by atoms with Gasteiger partial charge in [-0.2, -0.15) is 0 Å². The molecule has 2 N–H and O–H groups in total. The van der Waals surface area contributed by atoms with Crippen LogP contribution in [0.3, 0.4) is 0 Å². The molecule has 2 aromatic carbocycles. The predicted octanol–water partition coefficient (Wildman–Crippen LogP) is 3.10. The summed E-state index contributed by atoms with van der Waals surface area (Å²) in [5.41, 5.74) is 2.31. The minimum Gasteiger partial charge on any atom is -0.490 e. The van der Waals surface area contributed by atoms with E-state index in [1.54, 1.807) is 12.1 Å². The number of nitrogens with one attached hydrogen (secondary N) is 1. The summed E-state index contributed by atoms with van der Waals surface area (Å²) in [6.07, 6.45) is -0.553. The normalized spacial score (nSPS) is 14.7. The summed E-state index contributed by atoms with van der Waals surface area (Å²) in [6, 6.07) is 12.0. The van der Waals surface area contributed by atoms with Gasteiger partial charge in [-0.25, -0.2) is 9.59 Å². The van der Waals surface area contributed by atoms with Crippen LogP contribution in [0, 0.1) is 13.8 Å². The van der Waals surface area contributed by atoms with Crippen LogP contribution in [0.25, 0.3) is 0 Å². The van der Waals surface area contributed by atoms with Gasteiger partial charge in [0.2, 0.25) is 0 Å². The lowest BCUT2D eigenvalue weighted by molar-refractivity contribution is -0.131. The molecule has 0 aromatic heterocycles. The van der Waals surface area contributed by atoms with Crippen LogP contribution in [0.5, 0.6) is 11.5 Å². The molecule has 0 saturated carbocycles. The third kappa shape index (κ3) is 7.17. The number of rotatable bonds is 5. The molecule has 29 heavy (non-hydrogen) atoms. The summed E-state index contributed by atoms with van der Waals surface area (Å²) >= 11 is 0. The van der Waals surface area contributed by atoms with E-state index in [0.717, 1.165) is 16.9 Å². The van der Waals surface area contributed by atoms with E-state index < -0.39 is 11.9 Å². The maximum atomic E-state index is 10.8. The third-order valence-corrected chi connectivity index (χ3v) is 3.75. The van der Waals surface area contributed by atoms with Crippen molar-refractivity contribution >= 4 is 18.0 Å². The van der Waals surface area contributed by atoms with Crippen molar-refractivity contribution in [2.24, 2.45) is 0 Å². The Hall–Kier alpha value is -3.55. The Bertz CT molecular complexity index is 874. The van der Waals surface area contributed by atoms with E-state index in [9.17, 15) is 14.4 Å². The van der Waals surface area contributed by atoms with E-state index in [1.165, 1.54) is 19.1 Å². The van der Waals surface area contributed by atoms with E-state index in [4.69, 9.17) is 14.6 Å². The van der Waals surface area contributed by atoms with Crippen molar-refractivity contribution in [2.45, 2.75) is 26.9 Å². The summed E-state index contributed by atoms with van der Waals surface area (Å²) in [6.45, 7) is 6.18. The number of hydrogen-bond acceptors (Lipinski definition) is 6. The SMILES string of the molecule is CC(=O)Oc1ccccc1C(=O)O.Cc1cc(C)cc(OCC2CNC(=O)O2)c1. The van der Waals surface area contributed by atoms with Gasteiger partial charge in [0.05, 0.1) is 6.54 Å². The maximum absolute atomic E-state index is 10.8. The lowest BCUT2D eigenvalue weighted by atomic mass is 10.1. The quantitative estimate of drug-likeness (QED) is 0.585. The molecule has 0 radical (unpaired) electrons. The smallest absolute Gasteiger partial charge is 0.407 e. The molecule has 1 saturated heterocycles. The van der Waals surface area contributed by atoms with Crippen molar-refractivity contribution in [3.63, 3.8) is 0 Å². The molecular formula is C21H23NO7. The van der Waals surface area contributed by atoms with Gasteiger partial charge < -0.3 is 24.6 Å². The third-order valence-electron chi connectivity index (χ3n) is 3.75. The number of hydrogen-bond donors (Lipinski definition) is 2. The monoisotopic (exact) mass is 401 g/mol. The second-order valence-electron chi connectivity index (χ2n) is 6.44. The van der Waals surface area contributed by atoms with Gasteiger partial charge in [-0.15, -0.1) is 0 Å². The van der Waals surface area contributed by atoms with Crippen LogP contribution < -0.4 is 14.8 Å². The van der Waals surface area contributed by atoms with Crippen LogP contribution in [0.2, 0.25) is 0 Å². The minimum atomic E-state index is -1.11. The van der Waals surface area contributed by atoms with Crippen LogP contribution in [0.4, 0.5) is 4.79 Å². The fourth-order valence-electron chi connectivity index (χ4n) is 2.62. The molecule has 0 aliphatic carbocycles. The van der Waals surface area contributed by atoms with Crippen molar-refractivity contribution in [2.75, 3.05) is 13.2 Å². The number of ether oxygens (including phenoxy) is 3. The van der Waals surface area contributed by atoms with Gasteiger partial charge in [-0.05, 0) is 49.2 Å². The molecule has 154 valence electrons. The Morgan fingerprint density at radius 2 is 1.83 bits per heavy atom. The first-order valence-corrected chi connectivity index (χ1v) is 8.91. The zero-order chi connectivity index (χ0) is 21.4. The number of cyclic esters (lactones) is 1. The Morgan fingerprint density at radius 1 is 1.17 bits per heavy atom. The summed E-state index contributed by atoms with van der Waals surface area (Å²) in [4.78, 5) is 32.0. The van der Waals surface area contributed by atoms with Crippen molar-refractivity contribution in [3.8, 4) is 11.5 Å². The highest BCUT2D eigenvalue weighted by molar-refractivity contribution is 5.91. The highest BCUT2D eigenvalue weighted by atomic mass is 16.6. The molecule has 1 heterocycles. The topological polar surface area (TPSA) is 111 Å². The minimum absolute atomic E-state index is 0.0160. The summed E-state index contributed by atoms with van der Waals surface area (Å²) in [5.74, 6) is -0.756. The number of carboxylic acid groups (broad SMARTS) is 1. The number of benzene rings is 2. The van der Waals surface area contributed by atoms with Crippen LogP contribution in [-0.4, -0.2) is 42.4 Å². The number of carbonyl (C=O) groups excluding carboxylic acids is 2. The summed E-state index contributed by atoms with van der Waals surface area (Å²) < 4.78 is 15.2. The second kappa shape index (κ2) is 10.1. The van der Waals surface area contributed by atoms with E-state index in [0.29, 0.717) is 13.2 Å². The Morgan fingerprint density at radius 3 is 2.38 bits per heavy atom. The van der Waals surface area contributed by atoms with E-state index in [2.05, 4.69) is 16.1 Å². The van der Waals surface area contributed by atoms with Crippen molar-refractivity contribution in [1.29, 1.82) is 0 Å². The lowest BCUT2D eigenvalue weighted by Gasteiger charge is -2.11. The molecule has 1 fully saturated rings. The number of aryl methyl sites for hydroxylation is 2.